The Balaban J connectivity index is 3.04. The smallest absolute Gasteiger partial charge is 0.221 e. The normalized spacial score (nSPS) is 11.2. The Bertz CT molecular complexity index is 378. The fourth-order valence-electron chi connectivity index (χ4n) is 1.45. The van der Waals surface area contributed by atoms with Crippen molar-refractivity contribution >= 4 is 11.6 Å². The van der Waals surface area contributed by atoms with Gasteiger partial charge in [-0.1, -0.05) is 26.8 Å². The third-order valence-corrected chi connectivity index (χ3v) is 2.13. The summed E-state index contributed by atoms with van der Waals surface area (Å²) in [7, 11) is 0. The third kappa shape index (κ3) is 2.98. The molecule has 15 heavy (non-hydrogen) atoms. The Morgan fingerprint density at radius 3 is 2.33 bits per heavy atom. The number of benzene rings is 1. The van der Waals surface area contributed by atoms with Crippen LogP contribution in [0.4, 0.5) is 5.69 Å². The van der Waals surface area contributed by atoms with Gasteiger partial charge in [0.2, 0.25) is 5.91 Å². The summed E-state index contributed by atoms with van der Waals surface area (Å²) in [6.07, 6.45) is 0. The van der Waals surface area contributed by atoms with Gasteiger partial charge in [-0.25, -0.2) is 0 Å². The molecule has 0 aromatic heterocycles. The quantitative estimate of drug-likeness (QED) is 0.743. The van der Waals surface area contributed by atoms with E-state index in [1.807, 2.05) is 26.8 Å². The van der Waals surface area contributed by atoms with Crippen LogP contribution in [0.2, 0.25) is 0 Å². The number of phenols is 1. The lowest BCUT2D eigenvalue weighted by molar-refractivity contribution is -0.114. The Morgan fingerprint density at radius 1 is 1.33 bits per heavy atom. The highest BCUT2D eigenvalue weighted by atomic mass is 16.3. The molecular weight excluding hydrogens is 190 g/mol. The number of amides is 1. The second-order valence-electron chi connectivity index (χ2n) is 4.66. The zero-order chi connectivity index (χ0) is 11.6. The van der Waals surface area contributed by atoms with Gasteiger partial charge < -0.3 is 10.4 Å². The summed E-state index contributed by atoms with van der Waals surface area (Å²) in [5.41, 5.74) is 1.39. The van der Waals surface area contributed by atoms with E-state index < -0.39 is 0 Å². The third-order valence-electron chi connectivity index (χ3n) is 2.13. The van der Waals surface area contributed by atoms with E-state index in [1.165, 1.54) is 6.92 Å². The fraction of sp³-hybridized carbons (Fsp3) is 0.417. The molecule has 0 aliphatic heterocycles. The number of hydrogen-bond acceptors (Lipinski definition) is 2. The van der Waals surface area contributed by atoms with Crippen molar-refractivity contribution in [3.63, 3.8) is 0 Å². The van der Waals surface area contributed by atoms with Crippen LogP contribution in [0.25, 0.3) is 0 Å². The summed E-state index contributed by atoms with van der Waals surface area (Å²) in [5.74, 6) is 0.0756. The van der Waals surface area contributed by atoms with E-state index >= 15 is 0 Å². The van der Waals surface area contributed by atoms with Crippen LogP contribution in [-0.2, 0) is 10.2 Å². The van der Waals surface area contributed by atoms with Gasteiger partial charge in [0.1, 0.15) is 5.75 Å². The van der Waals surface area contributed by atoms with Crippen molar-refractivity contribution in [3.8, 4) is 5.75 Å². The Labute approximate surface area is 90.1 Å². The first kappa shape index (κ1) is 11.6. The predicted molar refractivity (Wildman–Crippen MR) is 61.1 cm³/mol. The first-order valence-corrected chi connectivity index (χ1v) is 4.92. The minimum atomic E-state index is -0.141. The number of rotatable bonds is 1. The molecule has 1 aromatic carbocycles. The van der Waals surface area contributed by atoms with E-state index in [-0.39, 0.29) is 17.1 Å². The first-order valence-electron chi connectivity index (χ1n) is 4.92. The SMILES string of the molecule is CC(=O)Nc1ccc(C(C)(C)C)c(O)c1. The van der Waals surface area contributed by atoms with Crippen LogP contribution in [0.15, 0.2) is 18.2 Å². The van der Waals surface area contributed by atoms with Crippen LogP contribution >= 0.6 is 0 Å². The first-order chi connectivity index (χ1) is 6.80. The van der Waals surface area contributed by atoms with Crippen molar-refractivity contribution in [2.75, 3.05) is 5.32 Å². The van der Waals surface area contributed by atoms with E-state index in [2.05, 4.69) is 5.32 Å². The average Bonchev–Trinajstić information content (AvgIpc) is 1.99. The number of carbonyl (C=O) groups is 1. The van der Waals surface area contributed by atoms with Gasteiger partial charge in [-0.2, -0.15) is 0 Å². The Morgan fingerprint density at radius 2 is 1.93 bits per heavy atom. The fourth-order valence-corrected chi connectivity index (χ4v) is 1.45. The molecular formula is C12H17NO2. The summed E-state index contributed by atoms with van der Waals surface area (Å²) < 4.78 is 0. The number of aromatic hydroxyl groups is 1. The highest BCUT2D eigenvalue weighted by Crippen LogP contribution is 2.32. The highest BCUT2D eigenvalue weighted by Gasteiger charge is 2.17. The topological polar surface area (TPSA) is 49.3 Å². The van der Waals surface area contributed by atoms with Gasteiger partial charge in [0.05, 0.1) is 0 Å². The molecule has 0 fully saturated rings. The Hall–Kier alpha value is -1.51. The van der Waals surface area contributed by atoms with Crippen LogP contribution < -0.4 is 5.32 Å². The van der Waals surface area contributed by atoms with Crippen molar-refractivity contribution in [1.29, 1.82) is 0 Å². The van der Waals surface area contributed by atoms with Crippen molar-refractivity contribution in [1.82, 2.24) is 0 Å². The molecule has 0 saturated carbocycles. The average molecular weight is 207 g/mol. The molecule has 1 rings (SSSR count). The van der Waals surface area contributed by atoms with E-state index in [1.54, 1.807) is 12.1 Å². The summed E-state index contributed by atoms with van der Waals surface area (Å²) in [6.45, 7) is 7.52. The van der Waals surface area contributed by atoms with Gasteiger partial charge in [0, 0.05) is 18.7 Å². The van der Waals surface area contributed by atoms with Gasteiger partial charge in [-0.3, -0.25) is 4.79 Å². The van der Waals surface area contributed by atoms with Crippen LogP contribution in [0.1, 0.15) is 33.3 Å². The number of anilines is 1. The Kier molecular flexibility index (Phi) is 3.03. The lowest BCUT2D eigenvalue weighted by Gasteiger charge is -2.20. The summed E-state index contributed by atoms with van der Waals surface area (Å²) in [5, 5.41) is 12.4. The van der Waals surface area contributed by atoms with Crippen LogP contribution in [-0.4, -0.2) is 11.0 Å². The highest BCUT2D eigenvalue weighted by molar-refractivity contribution is 5.88. The molecule has 1 aromatic rings. The van der Waals surface area contributed by atoms with E-state index in [4.69, 9.17) is 0 Å². The number of nitrogens with one attached hydrogen (secondary N) is 1. The molecule has 1 amide bonds. The molecule has 0 aliphatic carbocycles. The number of phenolic OH excluding ortho intramolecular Hbond substituents is 1. The maximum Gasteiger partial charge on any atom is 0.221 e. The minimum Gasteiger partial charge on any atom is -0.508 e. The van der Waals surface area contributed by atoms with Crippen LogP contribution in [0, 0.1) is 0 Å². The monoisotopic (exact) mass is 207 g/mol. The van der Waals surface area contributed by atoms with Crippen molar-refractivity contribution in [3.05, 3.63) is 23.8 Å². The van der Waals surface area contributed by atoms with Crippen molar-refractivity contribution in [2.24, 2.45) is 0 Å². The minimum absolute atomic E-state index is 0.0984. The van der Waals surface area contributed by atoms with Gasteiger partial charge in [-0.05, 0) is 17.0 Å². The molecule has 3 heteroatoms. The molecule has 2 N–H and O–H groups in total. The molecule has 0 spiro atoms. The second-order valence-corrected chi connectivity index (χ2v) is 4.66. The van der Waals surface area contributed by atoms with Gasteiger partial charge >= 0.3 is 0 Å². The molecule has 0 heterocycles. The van der Waals surface area contributed by atoms with Gasteiger partial charge in [0.25, 0.3) is 0 Å². The lowest BCUT2D eigenvalue weighted by Crippen LogP contribution is -2.12. The van der Waals surface area contributed by atoms with Gasteiger partial charge in [0.15, 0.2) is 0 Å². The van der Waals surface area contributed by atoms with Crippen molar-refractivity contribution < 1.29 is 9.90 Å². The zero-order valence-corrected chi connectivity index (χ0v) is 9.59. The molecule has 0 unspecified atom stereocenters. The summed E-state index contributed by atoms with van der Waals surface area (Å²) in [6, 6.07) is 5.20. The number of hydrogen-bond donors (Lipinski definition) is 2. The number of carbonyl (C=O) groups excluding carboxylic acids is 1. The van der Waals surface area contributed by atoms with Crippen molar-refractivity contribution in [2.45, 2.75) is 33.1 Å². The molecule has 0 bridgehead atoms. The van der Waals surface area contributed by atoms with E-state index in [0.29, 0.717) is 5.69 Å². The largest absolute Gasteiger partial charge is 0.508 e. The second kappa shape index (κ2) is 3.93. The van der Waals surface area contributed by atoms with E-state index in [9.17, 15) is 9.90 Å². The molecule has 82 valence electrons. The summed E-state index contributed by atoms with van der Waals surface area (Å²) in [4.78, 5) is 10.8. The summed E-state index contributed by atoms with van der Waals surface area (Å²) >= 11 is 0. The maximum absolute atomic E-state index is 10.8. The van der Waals surface area contributed by atoms with Crippen LogP contribution in [0.5, 0.6) is 5.75 Å². The molecule has 0 aliphatic rings. The van der Waals surface area contributed by atoms with Crippen LogP contribution in [0.3, 0.4) is 0 Å². The van der Waals surface area contributed by atoms with E-state index in [0.717, 1.165) is 5.56 Å². The molecule has 0 atom stereocenters. The lowest BCUT2D eigenvalue weighted by atomic mass is 9.86. The standard InChI is InChI=1S/C12H17NO2/c1-8(14)13-9-5-6-10(11(15)7-9)12(2,3)4/h5-7,15H,1-4H3,(H,13,14). The molecule has 0 saturated heterocycles. The molecule has 3 nitrogen and oxygen atoms in total. The maximum atomic E-state index is 10.8. The van der Waals surface area contributed by atoms with Gasteiger partial charge in [-0.15, -0.1) is 0 Å². The zero-order valence-electron chi connectivity index (χ0n) is 9.59. The molecule has 0 radical (unpaired) electrons. The predicted octanol–water partition coefficient (Wildman–Crippen LogP) is 2.65.